The highest BCUT2D eigenvalue weighted by molar-refractivity contribution is 7.93. The average Bonchev–Trinajstić information content (AvgIpc) is 3.12. The molecular weight excluding hydrogens is 701 g/mol. The lowest BCUT2D eigenvalue weighted by molar-refractivity contribution is 0.596. The van der Waals surface area contributed by atoms with Gasteiger partial charge in [-0.3, -0.25) is 9.44 Å². The summed E-state index contributed by atoms with van der Waals surface area (Å²) in [5.41, 5.74) is 2.39. The molecule has 6 rings (SSSR count). The van der Waals surface area contributed by atoms with Crippen LogP contribution in [0.2, 0.25) is 0 Å². The van der Waals surface area contributed by atoms with Crippen LogP contribution in [0.1, 0.15) is 39.5 Å². The molecule has 0 heterocycles. The third kappa shape index (κ3) is 7.96. The Morgan fingerprint density at radius 1 is 0.451 bits per heavy atom. The van der Waals surface area contributed by atoms with Gasteiger partial charge in [0.1, 0.15) is 0 Å². The van der Waals surface area contributed by atoms with E-state index in [0.717, 1.165) is 21.5 Å². The molecule has 0 spiro atoms. The molecule has 0 aliphatic rings. The molecule has 6 aromatic rings. The van der Waals surface area contributed by atoms with Crippen LogP contribution in [0.5, 0.6) is 0 Å². The summed E-state index contributed by atoms with van der Waals surface area (Å²) < 4.78 is 87.2. The topological polar surface area (TPSA) is 126 Å². The number of fused-ring (bicyclic) bond motifs is 2. The van der Waals surface area contributed by atoms with E-state index in [0.29, 0.717) is 47.9 Å². The van der Waals surface area contributed by atoms with Gasteiger partial charge in [0.25, 0.3) is 0 Å². The Hall–Kier alpha value is -4.71. The zero-order valence-electron chi connectivity index (χ0n) is 28.5. The number of hydrogen-bond donors (Lipinski definition) is 2. The van der Waals surface area contributed by atoms with Crippen molar-refractivity contribution in [2.75, 3.05) is 20.9 Å². The van der Waals surface area contributed by atoms with E-state index in [-0.39, 0.29) is 32.7 Å². The smallest absolute Gasteiger partial charge is 0.232 e. The van der Waals surface area contributed by atoms with E-state index in [9.17, 15) is 16.8 Å². The first-order valence-electron chi connectivity index (χ1n) is 16.9. The molecule has 6 aromatic carbocycles. The van der Waals surface area contributed by atoms with E-state index >= 15 is 8.42 Å². The summed E-state index contributed by atoms with van der Waals surface area (Å²) in [6.07, 6.45) is 2.38. The lowest BCUT2D eigenvalue weighted by Gasteiger charge is -2.19. The second-order valence-corrected chi connectivity index (χ2v) is 18.1. The molecule has 0 saturated heterocycles. The Morgan fingerprint density at radius 2 is 0.843 bits per heavy atom. The summed E-state index contributed by atoms with van der Waals surface area (Å²) in [7, 11) is -11.7. The van der Waals surface area contributed by atoms with Crippen molar-refractivity contribution in [2.45, 2.75) is 49.3 Å². The summed E-state index contributed by atoms with van der Waals surface area (Å²) in [5, 5.41) is 3.38. The summed E-state index contributed by atoms with van der Waals surface area (Å²) in [6, 6.07) is 35.4. The molecule has 0 aliphatic carbocycles. The van der Waals surface area contributed by atoms with Gasteiger partial charge < -0.3 is 0 Å². The standard InChI is InChI=1S/C40H40N2O6S3/c1-3-5-25-49(43,44)41-31-21-23-39(37(27-31)35-19-11-15-29-13-7-9-17-33(29)35)51(47,48)40-24-22-32(42-50(45,46)26-6-4-2)28-38(40)36-20-12-16-30-14-8-10-18-34(30)36/h7-24,27-28,41-42H,3-6,25-26H2,1-2H3. The number of nitrogens with one attached hydrogen (secondary N) is 2. The van der Waals surface area contributed by atoms with Gasteiger partial charge in [-0.05, 0) is 81.9 Å². The van der Waals surface area contributed by atoms with Crippen molar-refractivity contribution >= 4 is 62.8 Å². The van der Waals surface area contributed by atoms with Gasteiger partial charge in [0, 0.05) is 22.5 Å². The maximum atomic E-state index is 15.1. The molecule has 0 unspecified atom stereocenters. The highest BCUT2D eigenvalue weighted by atomic mass is 32.2. The quantitative estimate of drug-likeness (QED) is 0.115. The van der Waals surface area contributed by atoms with Crippen LogP contribution in [0.25, 0.3) is 43.8 Å². The number of sulfonamides is 2. The van der Waals surface area contributed by atoms with Crippen molar-refractivity contribution in [1.29, 1.82) is 0 Å². The van der Waals surface area contributed by atoms with Crippen molar-refractivity contribution in [1.82, 2.24) is 0 Å². The summed E-state index contributed by atoms with van der Waals surface area (Å²) >= 11 is 0. The normalized spacial score (nSPS) is 12.3. The molecule has 0 bridgehead atoms. The average molecular weight is 741 g/mol. The molecular formula is C40H40N2O6S3. The Balaban J connectivity index is 1.59. The number of hydrogen-bond acceptors (Lipinski definition) is 6. The van der Waals surface area contributed by atoms with Crippen LogP contribution < -0.4 is 9.44 Å². The first-order chi connectivity index (χ1) is 24.4. The Bertz CT molecular complexity index is 2380. The number of anilines is 2. The first kappa shape index (κ1) is 36.1. The Kier molecular flexibility index (Phi) is 10.5. The predicted octanol–water partition coefficient (Wildman–Crippen LogP) is 9.24. The van der Waals surface area contributed by atoms with Crippen molar-refractivity contribution in [3.8, 4) is 22.3 Å². The number of benzene rings is 6. The van der Waals surface area contributed by atoms with Gasteiger partial charge in [-0.2, -0.15) is 0 Å². The van der Waals surface area contributed by atoms with Crippen molar-refractivity contribution in [3.63, 3.8) is 0 Å². The molecule has 0 radical (unpaired) electrons. The number of unbranched alkanes of at least 4 members (excludes halogenated alkanes) is 2. The van der Waals surface area contributed by atoms with E-state index in [1.165, 1.54) is 24.3 Å². The van der Waals surface area contributed by atoms with Gasteiger partial charge in [-0.1, -0.05) is 112 Å². The molecule has 11 heteroatoms. The van der Waals surface area contributed by atoms with E-state index < -0.39 is 29.9 Å². The molecule has 2 N–H and O–H groups in total. The molecule has 264 valence electrons. The molecule has 0 aliphatic heterocycles. The van der Waals surface area contributed by atoms with E-state index in [1.807, 2.05) is 98.8 Å². The fourth-order valence-corrected chi connectivity index (χ4v) is 10.4. The van der Waals surface area contributed by atoms with Crippen LogP contribution in [0.15, 0.2) is 131 Å². The van der Waals surface area contributed by atoms with Crippen LogP contribution >= 0.6 is 0 Å². The van der Waals surface area contributed by atoms with Crippen LogP contribution in [0.4, 0.5) is 11.4 Å². The number of sulfone groups is 1. The van der Waals surface area contributed by atoms with Gasteiger partial charge in [0.05, 0.1) is 21.3 Å². The lowest BCUT2D eigenvalue weighted by Crippen LogP contribution is -2.17. The van der Waals surface area contributed by atoms with Crippen LogP contribution in [0.3, 0.4) is 0 Å². The summed E-state index contributed by atoms with van der Waals surface area (Å²) in [4.78, 5) is -0.0405. The molecule has 0 fully saturated rings. The van der Waals surface area contributed by atoms with Crippen molar-refractivity contribution in [3.05, 3.63) is 121 Å². The molecule has 0 aromatic heterocycles. The largest absolute Gasteiger partial charge is 0.284 e. The predicted molar refractivity (Wildman–Crippen MR) is 209 cm³/mol. The van der Waals surface area contributed by atoms with Crippen molar-refractivity contribution in [2.24, 2.45) is 0 Å². The Labute approximate surface area is 300 Å². The molecule has 8 nitrogen and oxygen atoms in total. The minimum Gasteiger partial charge on any atom is -0.284 e. The molecule has 0 amide bonds. The highest BCUT2D eigenvalue weighted by Crippen LogP contribution is 2.42. The maximum absolute atomic E-state index is 15.1. The first-order valence-corrected chi connectivity index (χ1v) is 21.7. The molecule has 0 atom stereocenters. The Morgan fingerprint density at radius 3 is 1.25 bits per heavy atom. The summed E-state index contributed by atoms with van der Waals surface area (Å²) in [5.74, 6) is -0.119. The lowest BCUT2D eigenvalue weighted by atomic mass is 9.98. The van der Waals surface area contributed by atoms with Crippen LogP contribution in [0, 0.1) is 0 Å². The highest BCUT2D eigenvalue weighted by Gasteiger charge is 2.28. The van der Waals surface area contributed by atoms with Crippen molar-refractivity contribution < 1.29 is 25.3 Å². The minimum atomic E-state index is -4.34. The van der Waals surface area contributed by atoms with E-state index in [1.54, 1.807) is 12.1 Å². The van der Waals surface area contributed by atoms with Gasteiger partial charge in [0.15, 0.2) is 0 Å². The van der Waals surface area contributed by atoms with E-state index in [4.69, 9.17) is 0 Å². The second kappa shape index (κ2) is 14.9. The van der Waals surface area contributed by atoms with Crippen LogP contribution in [-0.4, -0.2) is 36.8 Å². The van der Waals surface area contributed by atoms with Gasteiger partial charge in [-0.15, -0.1) is 0 Å². The monoisotopic (exact) mass is 740 g/mol. The summed E-state index contributed by atoms with van der Waals surface area (Å²) in [6.45, 7) is 3.82. The van der Waals surface area contributed by atoms with Gasteiger partial charge in [-0.25, -0.2) is 25.3 Å². The van der Waals surface area contributed by atoms with Gasteiger partial charge >= 0.3 is 0 Å². The number of rotatable bonds is 14. The molecule has 51 heavy (non-hydrogen) atoms. The zero-order chi connectivity index (χ0) is 36.2. The van der Waals surface area contributed by atoms with E-state index in [2.05, 4.69) is 9.44 Å². The fraction of sp³-hybridized carbons (Fsp3) is 0.200. The van der Waals surface area contributed by atoms with Gasteiger partial charge in [0.2, 0.25) is 29.9 Å². The molecule has 0 saturated carbocycles. The second-order valence-electron chi connectivity index (χ2n) is 12.5. The fourth-order valence-electron chi connectivity index (χ4n) is 6.25. The zero-order valence-corrected chi connectivity index (χ0v) is 30.9. The third-order valence-corrected chi connectivity index (χ3v) is 13.4. The maximum Gasteiger partial charge on any atom is 0.232 e. The van der Waals surface area contributed by atoms with Crippen LogP contribution in [-0.2, 0) is 29.9 Å². The minimum absolute atomic E-state index is 0.0203. The SMILES string of the molecule is CCCCS(=O)(=O)Nc1ccc(S(=O)(=O)c2ccc(NS(=O)(=O)CCCC)cc2-c2cccc3ccccc23)c(-c2cccc3ccccc23)c1. The third-order valence-electron chi connectivity index (χ3n) is 8.78.